The van der Waals surface area contributed by atoms with Gasteiger partial charge in [0.1, 0.15) is 5.82 Å². The number of allylic oxidation sites excluding steroid dienone is 1. The molecule has 0 aliphatic carbocycles. The lowest BCUT2D eigenvalue weighted by Crippen LogP contribution is -2.40. The Morgan fingerprint density at radius 1 is 1.18 bits per heavy atom. The van der Waals surface area contributed by atoms with E-state index in [9.17, 15) is 4.39 Å². The number of benzene rings is 1. The molecule has 2 aromatic rings. The molecule has 0 saturated carbocycles. The Morgan fingerprint density at radius 2 is 1.91 bits per heavy atom. The second kappa shape index (κ2) is 10.4. The van der Waals surface area contributed by atoms with Crippen LogP contribution in [0.1, 0.15) is 77.1 Å². The van der Waals surface area contributed by atoms with E-state index in [0.717, 1.165) is 29.8 Å². The van der Waals surface area contributed by atoms with Crippen molar-refractivity contribution in [1.82, 2.24) is 10.3 Å². The minimum atomic E-state index is -0.417. The molecular formula is C28H38FN5. The lowest BCUT2D eigenvalue weighted by molar-refractivity contribution is 0.388. The van der Waals surface area contributed by atoms with Crippen LogP contribution in [-0.2, 0) is 0 Å². The van der Waals surface area contributed by atoms with Gasteiger partial charge in [-0.25, -0.2) is 9.37 Å². The molecule has 34 heavy (non-hydrogen) atoms. The van der Waals surface area contributed by atoms with Gasteiger partial charge >= 0.3 is 0 Å². The number of hydrogen-bond donors (Lipinski definition) is 3. The summed E-state index contributed by atoms with van der Waals surface area (Å²) in [6, 6.07) is 7.79. The monoisotopic (exact) mass is 463 g/mol. The van der Waals surface area contributed by atoms with Crippen LogP contribution in [-0.4, -0.2) is 23.3 Å². The van der Waals surface area contributed by atoms with E-state index >= 15 is 0 Å². The first-order chi connectivity index (χ1) is 16.0. The minimum Gasteiger partial charge on any atom is -0.384 e. The molecule has 1 aromatic carbocycles. The Labute approximate surface area is 203 Å². The van der Waals surface area contributed by atoms with E-state index in [2.05, 4.69) is 85.8 Å². The highest BCUT2D eigenvalue weighted by atomic mass is 19.1. The summed E-state index contributed by atoms with van der Waals surface area (Å²) in [7, 11) is 0. The number of halogens is 1. The van der Waals surface area contributed by atoms with Crippen molar-refractivity contribution in [3.63, 3.8) is 0 Å². The van der Waals surface area contributed by atoms with E-state index in [1.807, 2.05) is 19.2 Å². The lowest BCUT2D eigenvalue weighted by atomic mass is 9.90. The van der Waals surface area contributed by atoms with Gasteiger partial charge in [0.25, 0.3) is 0 Å². The third-order valence-electron chi connectivity index (χ3n) is 6.00. The fraction of sp³-hybridized carbons (Fsp3) is 0.429. The Morgan fingerprint density at radius 3 is 2.56 bits per heavy atom. The molecule has 0 spiro atoms. The zero-order valence-corrected chi connectivity index (χ0v) is 21.3. The van der Waals surface area contributed by atoms with Gasteiger partial charge in [-0.3, -0.25) is 4.99 Å². The Bertz CT molecular complexity index is 1080. The topological polar surface area (TPSA) is 61.3 Å². The number of fused-ring (bicyclic) bond motifs is 1. The standard InChI is InChI=1S/C28H38FN5/c1-9-20-14-24(29)27(32-19(5)18(4)31-17(3)15-28(6,7)8)34-26(20)33-22-11-12-23-21(13-22)16-30-25(23)10-2/h9,11-14,16,18-19,25,31H,1,3,10,15H2,2,4-8H3,(H2,32,33,34). The molecular weight excluding hydrogens is 425 g/mol. The Kier molecular flexibility index (Phi) is 7.80. The second-order valence-electron chi connectivity index (χ2n) is 10.3. The molecule has 182 valence electrons. The van der Waals surface area contributed by atoms with Crippen LogP contribution < -0.4 is 16.0 Å². The molecule has 1 aromatic heterocycles. The molecule has 6 heteroatoms. The van der Waals surface area contributed by atoms with Crippen LogP contribution in [0.3, 0.4) is 0 Å². The van der Waals surface area contributed by atoms with Gasteiger partial charge in [0.2, 0.25) is 0 Å². The number of rotatable bonds is 10. The maximum atomic E-state index is 14.9. The van der Waals surface area contributed by atoms with Crippen molar-refractivity contribution >= 4 is 29.6 Å². The molecule has 1 aliphatic rings. The molecule has 3 N–H and O–H groups in total. The van der Waals surface area contributed by atoms with Gasteiger partial charge in [-0.15, -0.1) is 0 Å². The van der Waals surface area contributed by atoms with E-state index in [-0.39, 0.29) is 29.4 Å². The SMILES string of the molecule is C=Cc1cc(F)c(NC(C)C(C)NC(=C)CC(C)(C)C)nc1Nc1ccc2c(c1)C=NC2CC. The molecule has 3 unspecified atom stereocenters. The summed E-state index contributed by atoms with van der Waals surface area (Å²) in [5.41, 5.74) is 4.92. The number of anilines is 3. The first-order valence-corrected chi connectivity index (χ1v) is 12.0. The van der Waals surface area contributed by atoms with Crippen LogP contribution in [0.4, 0.5) is 21.7 Å². The quantitative estimate of drug-likeness (QED) is 0.348. The summed E-state index contributed by atoms with van der Waals surface area (Å²) < 4.78 is 14.9. The van der Waals surface area contributed by atoms with Gasteiger partial charge in [-0.1, -0.05) is 53.0 Å². The highest BCUT2D eigenvalue weighted by Crippen LogP contribution is 2.32. The predicted molar refractivity (Wildman–Crippen MR) is 144 cm³/mol. The van der Waals surface area contributed by atoms with Crippen molar-refractivity contribution in [2.24, 2.45) is 10.4 Å². The lowest BCUT2D eigenvalue weighted by Gasteiger charge is -2.28. The number of aromatic nitrogens is 1. The smallest absolute Gasteiger partial charge is 0.166 e. The average Bonchev–Trinajstić information content (AvgIpc) is 3.16. The van der Waals surface area contributed by atoms with Gasteiger partial charge in [0, 0.05) is 35.2 Å². The maximum Gasteiger partial charge on any atom is 0.166 e. The summed E-state index contributed by atoms with van der Waals surface area (Å²) >= 11 is 0. The Balaban J connectivity index is 1.76. The summed E-state index contributed by atoms with van der Waals surface area (Å²) in [5, 5.41) is 9.99. The van der Waals surface area contributed by atoms with E-state index in [1.54, 1.807) is 6.08 Å². The summed E-state index contributed by atoms with van der Waals surface area (Å²) in [4.78, 5) is 9.13. The zero-order chi connectivity index (χ0) is 25.0. The van der Waals surface area contributed by atoms with E-state index in [1.165, 1.54) is 11.6 Å². The van der Waals surface area contributed by atoms with Crippen LogP contribution in [0.2, 0.25) is 0 Å². The molecule has 0 bridgehead atoms. The highest BCUT2D eigenvalue weighted by molar-refractivity contribution is 5.87. The number of pyridine rings is 1. The third-order valence-corrected chi connectivity index (χ3v) is 6.00. The molecule has 0 radical (unpaired) electrons. The van der Waals surface area contributed by atoms with E-state index < -0.39 is 5.82 Å². The summed E-state index contributed by atoms with van der Waals surface area (Å²) in [5.74, 6) is 0.329. The van der Waals surface area contributed by atoms with Crippen LogP contribution in [0.15, 0.2) is 48.1 Å². The molecule has 3 rings (SSSR count). The number of nitrogens with zero attached hydrogens (tertiary/aromatic N) is 2. The van der Waals surface area contributed by atoms with Crippen molar-refractivity contribution < 1.29 is 4.39 Å². The first kappa shape index (κ1) is 25.5. The molecule has 0 fully saturated rings. The predicted octanol–water partition coefficient (Wildman–Crippen LogP) is 7.22. The minimum absolute atomic E-state index is 0.0362. The van der Waals surface area contributed by atoms with Crippen LogP contribution in [0.5, 0.6) is 0 Å². The molecule has 3 atom stereocenters. The second-order valence-corrected chi connectivity index (χ2v) is 10.3. The van der Waals surface area contributed by atoms with Crippen molar-refractivity contribution in [3.05, 3.63) is 65.6 Å². The summed E-state index contributed by atoms with van der Waals surface area (Å²) in [6.45, 7) is 20.7. The molecule has 5 nitrogen and oxygen atoms in total. The van der Waals surface area contributed by atoms with Gasteiger partial charge < -0.3 is 16.0 Å². The van der Waals surface area contributed by atoms with Gasteiger partial charge in [0.05, 0.1) is 6.04 Å². The van der Waals surface area contributed by atoms with E-state index in [0.29, 0.717) is 11.4 Å². The van der Waals surface area contributed by atoms with Gasteiger partial charge in [-0.05, 0) is 61.4 Å². The third kappa shape index (κ3) is 6.25. The number of nitrogens with one attached hydrogen (secondary N) is 3. The molecule has 0 saturated heterocycles. The summed E-state index contributed by atoms with van der Waals surface area (Å²) in [6.07, 6.45) is 5.36. The molecule has 0 amide bonds. The van der Waals surface area contributed by atoms with Crippen molar-refractivity contribution in [3.8, 4) is 0 Å². The van der Waals surface area contributed by atoms with Crippen molar-refractivity contribution in [1.29, 1.82) is 0 Å². The normalized spacial score (nSPS) is 16.5. The molecule has 2 heterocycles. The number of hydrogen-bond acceptors (Lipinski definition) is 5. The zero-order valence-electron chi connectivity index (χ0n) is 21.3. The van der Waals surface area contributed by atoms with E-state index in [4.69, 9.17) is 0 Å². The van der Waals surface area contributed by atoms with Crippen LogP contribution in [0, 0.1) is 11.2 Å². The fourth-order valence-electron chi connectivity index (χ4n) is 4.12. The Hall–Kier alpha value is -3.15. The van der Waals surface area contributed by atoms with Crippen molar-refractivity contribution in [2.45, 2.75) is 72.5 Å². The van der Waals surface area contributed by atoms with Crippen molar-refractivity contribution in [2.75, 3.05) is 10.6 Å². The first-order valence-electron chi connectivity index (χ1n) is 12.0. The molecule has 1 aliphatic heterocycles. The fourth-order valence-corrected chi connectivity index (χ4v) is 4.12. The largest absolute Gasteiger partial charge is 0.384 e. The number of aliphatic imine (C=N–C) groups is 1. The highest BCUT2D eigenvalue weighted by Gasteiger charge is 2.20. The maximum absolute atomic E-state index is 14.9. The van der Waals surface area contributed by atoms with Crippen LogP contribution >= 0.6 is 0 Å². The van der Waals surface area contributed by atoms with Gasteiger partial charge in [0.15, 0.2) is 11.6 Å². The van der Waals surface area contributed by atoms with Crippen LogP contribution in [0.25, 0.3) is 6.08 Å². The average molecular weight is 464 g/mol. The van der Waals surface area contributed by atoms with Gasteiger partial charge in [-0.2, -0.15) is 0 Å².